The number of benzene rings is 2. The quantitative estimate of drug-likeness (QED) is 0.346. The van der Waals surface area contributed by atoms with Crippen molar-refractivity contribution in [3.63, 3.8) is 0 Å². The average molecular weight is 526 g/mol. The molecule has 1 saturated heterocycles. The lowest BCUT2D eigenvalue weighted by molar-refractivity contribution is -0.125. The van der Waals surface area contributed by atoms with Crippen LogP contribution in [0.2, 0.25) is 5.02 Å². The summed E-state index contributed by atoms with van der Waals surface area (Å²) in [5.74, 6) is 0.688. The lowest BCUT2D eigenvalue weighted by Crippen LogP contribution is -2.40. The lowest BCUT2D eigenvalue weighted by Gasteiger charge is -2.17. The Morgan fingerprint density at radius 3 is 2.92 bits per heavy atom. The van der Waals surface area contributed by atoms with Gasteiger partial charge in [-0.2, -0.15) is 0 Å². The van der Waals surface area contributed by atoms with Crippen LogP contribution in [0.25, 0.3) is 10.9 Å². The molecule has 0 saturated carbocycles. The minimum absolute atomic E-state index is 0.00256. The van der Waals surface area contributed by atoms with Gasteiger partial charge in [0.25, 0.3) is 0 Å². The van der Waals surface area contributed by atoms with Gasteiger partial charge in [-0.05, 0) is 31.3 Å². The lowest BCUT2D eigenvalue weighted by atomic mass is 10.1. The van der Waals surface area contributed by atoms with Gasteiger partial charge < -0.3 is 24.5 Å². The molecule has 0 aliphatic carbocycles. The number of amides is 1. The standard InChI is InChI=1S/C26H25ClFN5O4/c1-33-12-16(8-21(33)26(34)29-11-15-6-7-36-13-15)37-23-9-17-20(10-22(23)35-2)30-14-31-25(17)32-19-5-3-4-18(27)24(19)28/h3-7,9-10,13-14,16,21H,8,11-12H2,1-2H3,(H,29,34)(H,30,31,32)/t16-,21+/m0/s1. The van der Waals surface area contributed by atoms with Crippen LogP contribution in [0.15, 0.2) is 59.7 Å². The van der Waals surface area contributed by atoms with Crippen LogP contribution in [0.1, 0.15) is 12.0 Å². The first-order chi connectivity index (χ1) is 17.9. The van der Waals surface area contributed by atoms with Crippen LogP contribution in [-0.4, -0.2) is 53.6 Å². The van der Waals surface area contributed by atoms with E-state index in [9.17, 15) is 9.18 Å². The maximum atomic E-state index is 14.5. The number of carbonyl (C=O) groups is 1. The molecule has 4 aromatic rings. The van der Waals surface area contributed by atoms with E-state index < -0.39 is 5.82 Å². The molecule has 0 radical (unpaired) electrons. The number of carbonyl (C=O) groups excluding carboxylic acids is 1. The number of likely N-dealkylation sites (tertiary alicyclic amines) is 1. The van der Waals surface area contributed by atoms with E-state index in [-0.39, 0.29) is 28.8 Å². The number of methoxy groups -OCH3 is 1. The molecule has 192 valence electrons. The molecule has 1 amide bonds. The Hall–Kier alpha value is -3.89. The van der Waals surface area contributed by atoms with Gasteiger partial charge >= 0.3 is 0 Å². The summed E-state index contributed by atoms with van der Waals surface area (Å²) in [5.41, 5.74) is 1.67. The van der Waals surface area contributed by atoms with E-state index in [1.165, 1.54) is 12.4 Å². The van der Waals surface area contributed by atoms with E-state index in [0.717, 1.165) is 5.56 Å². The van der Waals surface area contributed by atoms with E-state index >= 15 is 0 Å². The van der Waals surface area contributed by atoms with Crippen molar-refractivity contribution in [2.24, 2.45) is 0 Å². The molecule has 0 unspecified atom stereocenters. The highest BCUT2D eigenvalue weighted by Crippen LogP contribution is 2.37. The maximum Gasteiger partial charge on any atom is 0.237 e. The Morgan fingerprint density at radius 1 is 1.27 bits per heavy atom. The predicted molar refractivity (Wildman–Crippen MR) is 137 cm³/mol. The Labute approximate surface area is 217 Å². The van der Waals surface area contributed by atoms with Crippen molar-refractivity contribution in [1.82, 2.24) is 20.2 Å². The molecule has 37 heavy (non-hydrogen) atoms. The fraction of sp³-hybridized carbons (Fsp3) is 0.269. The number of halogens is 2. The highest BCUT2D eigenvalue weighted by Gasteiger charge is 2.36. The second-order valence-electron chi connectivity index (χ2n) is 8.75. The normalized spacial score (nSPS) is 17.6. The van der Waals surface area contributed by atoms with E-state index in [2.05, 4.69) is 20.6 Å². The highest BCUT2D eigenvalue weighted by molar-refractivity contribution is 6.31. The fourth-order valence-electron chi connectivity index (χ4n) is 4.37. The number of likely N-dealkylation sites (N-methyl/N-ethyl adjacent to an activating group) is 1. The van der Waals surface area contributed by atoms with Crippen LogP contribution < -0.4 is 20.1 Å². The molecule has 9 nitrogen and oxygen atoms in total. The summed E-state index contributed by atoms with van der Waals surface area (Å²) in [5, 5.41) is 6.55. The molecule has 0 bridgehead atoms. The maximum absolute atomic E-state index is 14.5. The number of aromatic nitrogens is 2. The number of hydrogen-bond donors (Lipinski definition) is 2. The number of rotatable bonds is 8. The number of nitrogens with zero attached hydrogens (tertiary/aromatic N) is 3. The summed E-state index contributed by atoms with van der Waals surface area (Å²) in [6.07, 6.45) is 4.80. The summed E-state index contributed by atoms with van der Waals surface area (Å²) in [6, 6.07) is 9.65. The number of anilines is 2. The van der Waals surface area contributed by atoms with Gasteiger partial charge in [0.2, 0.25) is 5.91 Å². The second-order valence-corrected chi connectivity index (χ2v) is 9.16. The predicted octanol–water partition coefficient (Wildman–Crippen LogP) is 4.54. The Balaban J connectivity index is 1.35. The van der Waals surface area contributed by atoms with Gasteiger partial charge in [0.1, 0.15) is 18.2 Å². The largest absolute Gasteiger partial charge is 0.493 e. The molecule has 2 atom stereocenters. The first-order valence-electron chi connectivity index (χ1n) is 11.6. The topological polar surface area (TPSA) is 102 Å². The molecule has 0 spiro atoms. The van der Waals surface area contributed by atoms with Crippen LogP contribution in [-0.2, 0) is 11.3 Å². The summed E-state index contributed by atoms with van der Waals surface area (Å²) >= 11 is 5.93. The molecule has 5 rings (SSSR count). The van der Waals surface area contributed by atoms with Crippen LogP contribution in [0.4, 0.5) is 15.9 Å². The first kappa shape index (κ1) is 24.8. The van der Waals surface area contributed by atoms with Gasteiger partial charge in [-0.15, -0.1) is 0 Å². The summed E-state index contributed by atoms with van der Waals surface area (Å²) < 4.78 is 31.4. The summed E-state index contributed by atoms with van der Waals surface area (Å²) in [7, 11) is 3.43. The van der Waals surface area contributed by atoms with Crippen LogP contribution >= 0.6 is 11.6 Å². The minimum atomic E-state index is -0.577. The SMILES string of the molecule is COc1cc2ncnc(Nc3cccc(Cl)c3F)c2cc1O[C@H]1C[C@H](C(=O)NCc2ccoc2)N(C)C1. The molecule has 11 heteroatoms. The molecule has 2 aromatic heterocycles. The zero-order valence-electron chi connectivity index (χ0n) is 20.2. The van der Waals surface area contributed by atoms with Crippen LogP contribution in [0.5, 0.6) is 11.5 Å². The van der Waals surface area contributed by atoms with E-state index in [1.54, 1.807) is 43.9 Å². The van der Waals surface area contributed by atoms with Gasteiger partial charge in [0.15, 0.2) is 17.3 Å². The molecule has 2 N–H and O–H groups in total. The number of nitrogens with one attached hydrogen (secondary N) is 2. The second kappa shape index (κ2) is 10.6. The van der Waals surface area contributed by atoms with E-state index in [1.807, 2.05) is 18.0 Å². The zero-order valence-corrected chi connectivity index (χ0v) is 21.0. The fourth-order valence-corrected chi connectivity index (χ4v) is 4.54. The van der Waals surface area contributed by atoms with E-state index in [0.29, 0.717) is 47.7 Å². The van der Waals surface area contributed by atoms with Crippen LogP contribution in [0, 0.1) is 5.82 Å². The van der Waals surface area contributed by atoms with Crippen molar-refractivity contribution in [2.75, 3.05) is 26.0 Å². The molecule has 2 aromatic carbocycles. The summed E-state index contributed by atoms with van der Waals surface area (Å²) in [4.78, 5) is 23.4. The smallest absolute Gasteiger partial charge is 0.237 e. The number of fused-ring (bicyclic) bond motifs is 1. The molecule has 1 fully saturated rings. The van der Waals surface area contributed by atoms with Crippen molar-refractivity contribution in [3.8, 4) is 11.5 Å². The number of ether oxygens (including phenoxy) is 2. The van der Waals surface area contributed by atoms with Crippen molar-refractivity contribution >= 4 is 39.9 Å². The summed E-state index contributed by atoms with van der Waals surface area (Å²) in [6.45, 7) is 0.946. The first-order valence-corrected chi connectivity index (χ1v) is 12.0. The highest BCUT2D eigenvalue weighted by atomic mass is 35.5. The van der Waals surface area contributed by atoms with Crippen LogP contribution in [0.3, 0.4) is 0 Å². The number of furan rings is 1. The third-order valence-corrected chi connectivity index (χ3v) is 6.57. The molecular weight excluding hydrogens is 501 g/mol. The van der Waals surface area contributed by atoms with Gasteiger partial charge in [-0.25, -0.2) is 14.4 Å². The molecular formula is C26H25ClFN5O4. The average Bonchev–Trinajstić information content (AvgIpc) is 3.55. The minimum Gasteiger partial charge on any atom is -0.493 e. The van der Waals surface area contributed by atoms with Gasteiger partial charge in [-0.3, -0.25) is 9.69 Å². The van der Waals surface area contributed by atoms with Crippen molar-refractivity contribution in [1.29, 1.82) is 0 Å². The third-order valence-electron chi connectivity index (χ3n) is 6.28. The molecule has 1 aliphatic heterocycles. The Morgan fingerprint density at radius 2 is 2.14 bits per heavy atom. The zero-order chi connectivity index (χ0) is 25.9. The third kappa shape index (κ3) is 5.30. The monoisotopic (exact) mass is 525 g/mol. The van der Waals surface area contributed by atoms with E-state index in [4.69, 9.17) is 25.5 Å². The molecule has 3 heterocycles. The Bertz CT molecular complexity index is 1420. The molecule has 1 aliphatic rings. The van der Waals surface area contributed by atoms with Crippen molar-refractivity contribution in [2.45, 2.75) is 25.1 Å². The van der Waals surface area contributed by atoms with Gasteiger partial charge in [0.05, 0.1) is 41.9 Å². The van der Waals surface area contributed by atoms with Crippen molar-refractivity contribution < 1.29 is 23.1 Å². The van der Waals surface area contributed by atoms with Gasteiger partial charge in [0, 0.05) is 36.5 Å². The Kier molecular flexibility index (Phi) is 7.11. The van der Waals surface area contributed by atoms with Gasteiger partial charge in [-0.1, -0.05) is 17.7 Å². The van der Waals surface area contributed by atoms with Crippen molar-refractivity contribution in [3.05, 3.63) is 71.7 Å². The number of hydrogen-bond acceptors (Lipinski definition) is 8.